The van der Waals surface area contributed by atoms with Crippen LogP contribution >= 0.6 is 0 Å². The molecule has 0 saturated heterocycles. The zero-order valence-corrected chi connectivity index (χ0v) is 14.9. The molecule has 2 N–H and O–H groups in total. The zero-order valence-electron chi connectivity index (χ0n) is 14.1. The molecular weight excluding hydrogens is 373 g/mol. The summed E-state index contributed by atoms with van der Waals surface area (Å²) >= 11 is 0. The van der Waals surface area contributed by atoms with Crippen LogP contribution in [0.3, 0.4) is 0 Å². The maximum atomic E-state index is 12.8. The number of para-hydroxylation sites is 1. The van der Waals surface area contributed by atoms with E-state index in [1.54, 1.807) is 24.3 Å². The number of nitro groups is 1. The van der Waals surface area contributed by atoms with E-state index in [1.165, 1.54) is 24.5 Å². The van der Waals surface area contributed by atoms with Crippen molar-refractivity contribution in [3.8, 4) is 0 Å². The van der Waals surface area contributed by atoms with E-state index in [0.29, 0.717) is 16.5 Å². The van der Waals surface area contributed by atoms with Crippen molar-refractivity contribution in [1.82, 2.24) is 0 Å². The predicted octanol–water partition coefficient (Wildman–Crippen LogP) is 1.88. The van der Waals surface area contributed by atoms with Gasteiger partial charge in [-0.3, -0.25) is 10.1 Å². The number of hydrogen-bond acceptors (Lipinski definition) is 7. The van der Waals surface area contributed by atoms with E-state index < -0.39 is 32.8 Å². The minimum atomic E-state index is -4.03. The van der Waals surface area contributed by atoms with Crippen molar-refractivity contribution in [3.63, 3.8) is 0 Å². The summed E-state index contributed by atoms with van der Waals surface area (Å²) in [6.45, 7) is 0. The molecule has 0 saturated carbocycles. The Morgan fingerprint density at radius 2 is 1.89 bits per heavy atom. The first kappa shape index (κ1) is 19.1. The summed E-state index contributed by atoms with van der Waals surface area (Å²) in [6, 6.07) is 12.3. The molecule has 0 aliphatic heterocycles. The third kappa shape index (κ3) is 4.18. The molecule has 27 heavy (non-hydrogen) atoms. The van der Waals surface area contributed by atoms with Crippen molar-refractivity contribution in [2.45, 2.75) is 17.3 Å². The molecule has 0 fully saturated rings. The van der Waals surface area contributed by atoms with E-state index in [4.69, 9.17) is 4.42 Å². The van der Waals surface area contributed by atoms with Crippen LogP contribution in [0.15, 0.2) is 59.2 Å². The van der Waals surface area contributed by atoms with Gasteiger partial charge in [-0.25, -0.2) is 8.42 Å². The lowest BCUT2D eigenvalue weighted by molar-refractivity contribution is -0.384. The van der Waals surface area contributed by atoms with E-state index >= 15 is 0 Å². The van der Waals surface area contributed by atoms with Crippen LogP contribution in [0.1, 0.15) is 11.1 Å². The zero-order chi connectivity index (χ0) is 19.6. The Hall–Kier alpha value is -2.69. The van der Waals surface area contributed by atoms with Gasteiger partial charge in [-0.05, 0) is 23.6 Å². The number of sulfone groups is 1. The van der Waals surface area contributed by atoms with E-state index in [-0.39, 0.29) is 17.7 Å². The molecule has 0 bridgehead atoms. The van der Waals surface area contributed by atoms with Gasteiger partial charge in [-0.2, -0.15) is 0 Å². The van der Waals surface area contributed by atoms with Gasteiger partial charge in [-0.1, -0.05) is 30.3 Å². The number of non-ortho nitro benzene ring substituents is 1. The molecule has 1 heterocycles. The lowest BCUT2D eigenvalue weighted by Crippen LogP contribution is -2.40. The van der Waals surface area contributed by atoms with Gasteiger partial charge >= 0.3 is 7.12 Å². The number of furan rings is 1. The van der Waals surface area contributed by atoms with Crippen molar-refractivity contribution in [3.05, 3.63) is 76.0 Å². The maximum absolute atomic E-state index is 12.8. The molecule has 0 spiro atoms. The number of benzene rings is 2. The highest BCUT2D eigenvalue weighted by Crippen LogP contribution is 2.25. The molecule has 0 aliphatic carbocycles. The molecule has 2 aromatic carbocycles. The Morgan fingerprint density at radius 1 is 1.15 bits per heavy atom. The first-order chi connectivity index (χ1) is 12.8. The molecule has 0 aliphatic rings. The molecule has 1 atom stereocenters. The second-order valence-corrected chi connectivity index (χ2v) is 8.37. The normalized spacial score (nSPS) is 12.8. The first-order valence-corrected chi connectivity index (χ1v) is 9.75. The number of nitrogens with zero attached hydrogens (tertiary/aromatic N) is 1. The Labute approximate surface area is 155 Å². The van der Waals surface area contributed by atoms with E-state index in [0.717, 1.165) is 6.07 Å². The van der Waals surface area contributed by atoms with Crippen LogP contribution in [-0.2, 0) is 22.0 Å². The van der Waals surface area contributed by atoms with Crippen LogP contribution in [0, 0.1) is 10.1 Å². The van der Waals surface area contributed by atoms with Gasteiger partial charge in [0, 0.05) is 17.5 Å². The van der Waals surface area contributed by atoms with Crippen LogP contribution in [0.25, 0.3) is 11.0 Å². The van der Waals surface area contributed by atoms with Gasteiger partial charge in [0.05, 0.1) is 16.9 Å². The fourth-order valence-corrected chi connectivity index (χ4v) is 4.59. The van der Waals surface area contributed by atoms with E-state index in [9.17, 15) is 28.6 Å². The molecular formula is C17H16BNO7S. The Kier molecular flexibility index (Phi) is 5.31. The molecule has 1 aromatic heterocycles. The highest BCUT2D eigenvalue weighted by atomic mass is 32.2. The Balaban J connectivity index is 1.89. The molecule has 140 valence electrons. The van der Waals surface area contributed by atoms with Gasteiger partial charge < -0.3 is 14.5 Å². The Morgan fingerprint density at radius 3 is 2.59 bits per heavy atom. The predicted molar refractivity (Wildman–Crippen MR) is 99.6 cm³/mol. The maximum Gasteiger partial charge on any atom is 0.471 e. The van der Waals surface area contributed by atoms with Gasteiger partial charge in [0.15, 0.2) is 9.84 Å². The van der Waals surface area contributed by atoms with Crippen molar-refractivity contribution >= 4 is 33.6 Å². The summed E-state index contributed by atoms with van der Waals surface area (Å²) in [4.78, 5) is 10.2. The summed E-state index contributed by atoms with van der Waals surface area (Å²) in [5.41, 5.74) is 1.07. The van der Waals surface area contributed by atoms with Gasteiger partial charge in [0.25, 0.3) is 5.69 Å². The minimum absolute atomic E-state index is 0.161. The summed E-state index contributed by atoms with van der Waals surface area (Å²) in [7, 11) is -6.14. The second kappa shape index (κ2) is 7.51. The van der Waals surface area contributed by atoms with Crippen molar-refractivity contribution in [1.29, 1.82) is 0 Å². The summed E-state index contributed by atoms with van der Waals surface area (Å²) in [6.07, 6.45) is 1.23. The van der Waals surface area contributed by atoms with Gasteiger partial charge in [0.2, 0.25) is 0 Å². The second-order valence-electron chi connectivity index (χ2n) is 6.15. The Bertz CT molecular complexity index is 1080. The summed E-state index contributed by atoms with van der Waals surface area (Å²) < 4.78 is 30.9. The van der Waals surface area contributed by atoms with Crippen LogP contribution in [-0.4, -0.2) is 35.7 Å². The van der Waals surface area contributed by atoms with Gasteiger partial charge in [0.1, 0.15) is 10.7 Å². The third-order valence-corrected chi connectivity index (χ3v) is 6.33. The standard InChI is InChI=1S/C17H16BNO7S/c20-18(21)17(9-13-10-26-16-7-2-1-6-15(13)16)27(24,25)11-12-4-3-5-14(8-12)19(22)23/h1-8,10,17,20-21H,9,11H2. The number of hydrogen-bond donors (Lipinski definition) is 2. The molecule has 10 heteroatoms. The average molecular weight is 389 g/mol. The van der Waals surface area contributed by atoms with E-state index in [1.807, 2.05) is 0 Å². The minimum Gasteiger partial charge on any atom is -0.464 e. The highest BCUT2D eigenvalue weighted by Gasteiger charge is 2.37. The fourth-order valence-electron chi connectivity index (χ4n) is 2.92. The fraction of sp³-hybridized carbons (Fsp3) is 0.176. The molecule has 3 aromatic rings. The smallest absolute Gasteiger partial charge is 0.464 e. The highest BCUT2D eigenvalue weighted by molar-refractivity contribution is 7.92. The summed E-state index contributed by atoms with van der Waals surface area (Å²) in [5.74, 6) is -0.549. The number of nitro benzene ring substituents is 1. The quantitative estimate of drug-likeness (QED) is 0.358. The van der Waals surface area contributed by atoms with Crippen molar-refractivity contribution in [2.75, 3.05) is 0 Å². The largest absolute Gasteiger partial charge is 0.471 e. The lowest BCUT2D eigenvalue weighted by Gasteiger charge is -2.16. The van der Waals surface area contributed by atoms with Crippen LogP contribution in [0.4, 0.5) is 5.69 Å². The van der Waals surface area contributed by atoms with Crippen LogP contribution in [0.5, 0.6) is 0 Å². The molecule has 0 radical (unpaired) electrons. The number of rotatable bonds is 7. The SMILES string of the molecule is O=[N+]([O-])c1cccc(CS(=O)(=O)C(Cc2coc3ccccc23)B(O)O)c1. The third-order valence-electron chi connectivity index (χ3n) is 4.27. The van der Waals surface area contributed by atoms with E-state index in [2.05, 4.69) is 0 Å². The van der Waals surface area contributed by atoms with Crippen LogP contribution < -0.4 is 0 Å². The monoisotopic (exact) mass is 389 g/mol. The topological polar surface area (TPSA) is 131 Å². The summed E-state index contributed by atoms with van der Waals surface area (Å²) in [5, 5.41) is 29.4. The molecule has 1 unspecified atom stereocenters. The van der Waals surface area contributed by atoms with Crippen LogP contribution in [0.2, 0.25) is 0 Å². The van der Waals surface area contributed by atoms with Gasteiger partial charge in [-0.15, -0.1) is 0 Å². The molecule has 0 amide bonds. The number of fused-ring (bicyclic) bond motifs is 1. The lowest BCUT2D eigenvalue weighted by atomic mass is 9.81. The van der Waals surface area contributed by atoms with Crippen molar-refractivity contribution in [2.24, 2.45) is 0 Å². The first-order valence-electron chi connectivity index (χ1n) is 8.04. The molecule has 8 nitrogen and oxygen atoms in total. The molecule has 3 rings (SSSR count). The van der Waals surface area contributed by atoms with Crippen molar-refractivity contribution < 1.29 is 27.8 Å². The average Bonchev–Trinajstić information content (AvgIpc) is 3.02.